The van der Waals surface area contributed by atoms with E-state index in [1.807, 2.05) is 12.1 Å². The van der Waals surface area contributed by atoms with Gasteiger partial charge in [0.2, 0.25) is 0 Å². The van der Waals surface area contributed by atoms with Crippen molar-refractivity contribution in [3.05, 3.63) is 34.9 Å². The Morgan fingerprint density at radius 2 is 1.93 bits per heavy atom. The Kier molecular flexibility index (Phi) is 13.1. The molecule has 2 N–H and O–H groups in total. The summed E-state index contributed by atoms with van der Waals surface area (Å²) < 4.78 is 16.0. The van der Waals surface area contributed by atoms with Crippen LogP contribution in [-0.4, -0.2) is 66.2 Å². The minimum Gasteiger partial charge on any atom is -0.382 e. The van der Waals surface area contributed by atoms with Crippen LogP contribution < -0.4 is 10.6 Å². The molecule has 2 rings (SSSR count). The van der Waals surface area contributed by atoms with Crippen molar-refractivity contribution in [3.63, 3.8) is 0 Å². The molecule has 1 aromatic carbocycles. The summed E-state index contributed by atoms with van der Waals surface area (Å²) in [5.74, 6) is 0.796. The molecular weight excluding hydrogens is 493 g/mol. The molecule has 0 amide bonds. The molecule has 6 nitrogen and oxygen atoms in total. The van der Waals surface area contributed by atoms with Gasteiger partial charge in [-0.25, -0.2) is 0 Å². The number of methoxy groups -OCH3 is 1. The van der Waals surface area contributed by atoms with Gasteiger partial charge < -0.3 is 24.8 Å². The maximum atomic E-state index is 6.51. The van der Waals surface area contributed by atoms with Crippen LogP contribution >= 0.6 is 35.6 Å². The monoisotopic (exact) mass is 525 g/mol. The van der Waals surface area contributed by atoms with Gasteiger partial charge in [-0.2, -0.15) is 0 Å². The van der Waals surface area contributed by atoms with Crippen LogP contribution in [0.25, 0.3) is 0 Å². The smallest absolute Gasteiger partial charge is 0.191 e. The van der Waals surface area contributed by atoms with E-state index in [0.29, 0.717) is 19.8 Å². The van der Waals surface area contributed by atoms with Crippen LogP contribution in [0.3, 0.4) is 0 Å². The lowest BCUT2D eigenvalue weighted by atomic mass is 9.74. The molecule has 28 heavy (non-hydrogen) atoms. The van der Waals surface area contributed by atoms with E-state index >= 15 is 0 Å². The lowest BCUT2D eigenvalue weighted by molar-refractivity contribution is 0.0514. The first-order valence-corrected chi connectivity index (χ1v) is 9.93. The highest BCUT2D eigenvalue weighted by atomic mass is 127. The number of hydrogen-bond donors (Lipinski definition) is 2. The third kappa shape index (κ3) is 8.02. The second-order valence-electron chi connectivity index (χ2n) is 6.68. The van der Waals surface area contributed by atoms with Gasteiger partial charge in [-0.3, -0.25) is 4.99 Å². The van der Waals surface area contributed by atoms with Gasteiger partial charge in [0.25, 0.3) is 0 Å². The first-order valence-electron chi connectivity index (χ1n) is 9.56. The minimum atomic E-state index is -0.0442. The number of aliphatic imine (C=N–C) groups is 1. The molecule has 0 spiro atoms. The topological polar surface area (TPSA) is 64.1 Å². The van der Waals surface area contributed by atoms with Crippen molar-refractivity contribution in [2.75, 3.05) is 60.3 Å². The number of nitrogens with zero attached hydrogens (tertiary/aromatic N) is 1. The highest BCUT2D eigenvalue weighted by molar-refractivity contribution is 14.0. The fourth-order valence-electron chi connectivity index (χ4n) is 3.29. The van der Waals surface area contributed by atoms with Crippen LogP contribution in [-0.2, 0) is 19.6 Å². The standard InChI is InChI=1S/C20H32ClN3O3.HI/c1-22-19(23-10-5-11-26-15-14-25-2)24-16-20(8-12-27-13-9-20)17-6-3-4-7-18(17)21;/h3-4,6-7H,5,8-16H2,1-2H3,(H2,22,23,24);1H. The molecule has 1 heterocycles. The molecule has 160 valence electrons. The van der Waals surface area contributed by atoms with E-state index < -0.39 is 0 Å². The van der Waals surface area contributed by atoms with Crippen LogP contribution in [0.5, 0.6) is 0 Å². The van der Waals surface area contributed by atoms with Gasteiger partial charge in [0.05, 0.1) is 13.2 Å². The molecule has 1 aliphatic rings. The molecule has 8 heteroatoms. The Morgan fingerprint density at radius 3 is 2.61 bits per heavy atom. The summed E-state index contributed by atoms with van der Waals surface area (Å²) in [6.07, 6.45) is 2.79. The Labute approximate surface area is 190 Å². The number of ether oxygens (including phenoxy) is 3. The summed E-state index contributed by atoms with van der Waals surface area (Å²) >= 11 is 6.51. The number of benzene rings is 1. The van der Waals surface area contributed by atoms with Gasteiger partial charge in [0.1, 0.15) is 0 Å². The van der Waals surface area contributed by atoms with Gasteiger partial charge in [-0.05, 0) is 30.9 Å². The van der Waals surface area contributed by atoms with Crippen molar-refractivity contribution in [1.82, 2.24) is 10.6 Å². The van der Waals surface area contributed by atoms with Crippen LogP contribution in [0.15, 0.2) is 29.3 Å². The average molecular weight is 526 g/mol. The molecule has 1 aromatic rings. The number of rotatable bonds is 10. The zero-order chi connectivity index (χ0) is 19.4. The highest BCUT2D eigenvalue weighted by Gasteiger charge is 2.36. The maximum Gasteiger partial charge on any atom is 0.191 e. The van der Waals surface area contributed by atoms with Crippen molar-refractivity contribution in [2.45, 2.75) is 24.7 Å². The summed E-state index contributed by atoms with van der Waals surface area (Å²) in [6.45, 7) is 5.03. The zero-order valence-electron chi connectivity index (χ0n) is 16.8. The van der Waals surface area contributed by atoms with Crippen molar-refractivity contribution >= 4 is 41.5 Å². The van der Waals surface area contributed by atoms with Gasteiger partial charge in [-0.15, -0.1) is 24.0 Å². The number of hydrogen-bond acceptors (Lipinski definition) is 4. The van der Waals surface area contributed by atoms with Gasteiger partial charge >= 0.3 is 0 Å². The molecule has 0 bridgehead atoms. The molecule has 0 saturated carbocycles. The lowest BCUT2D eigenvalue weighted by Crippen LogP contribution is -2.48. The Morgan fingerprint density at radius 1 is 1.18 bits per heavy atom. The second kappa shape index (κ2) is 14.4. The van der Waals surface area contributed by atoms with E-state index in [1.165, 1.54) is 5.56 Å². The summed E-state index contributed by atoms with van der Waals surface area (Å²) in [4.78, 5) is 4.34. The van der Waals surface area contributed by atoms with Crippen molar-refractivity contribution in [1.29, 1.82) is 0 Å². The molecule has 0 atom stereocenters. The molecule has 0 unspecified atom stereocenters. The Balaban J connectivity index is 0.00000392. The quantitative estimate of drug-likeness (QED) is 0.213. The molecule has 0 aromatic heterocycles. The van der Waals surface area contributed by atoms with Gasteiger partial charge in [0, 0.05) is 57.5 Å². The highest BCUT2D eigenvalue weighted by Crippen LogP contribution is 2.38. The second-order valence-corrected chi connectivity index (χ2v) is 7.09. The van der Waals surface area contributed by atoms with Crippen LogP contribution in [0.1, 0.15) is 24.8 Å². The fraction of sp³-hybridized carbons (Fsp3) is 0.650. The fourth-order valence-corrected chi connectivity index (χ4v) is 3.63. The summed E-state index contributed by atoms with van der Waals surface area (Å²) in [5.41, 5.74) is 1.14. The van der Waals surface area contributed by atoms with E-state index in [9.17, 15) is 0 Å². The summed E-state index contributed by atoms with van der Waals surface area (Å²) in [5, 5.41) is 7.64. The van der Waals surface area contributed by atoms with Gasteiger partial charge in [-0.1, -0.05) is 29.8 Å². The maximum absolute atomic E-state index is 6.51. The predicted molar refractivity (Wildman–Crippen MR) is 125 cm³/mol. The third-order valence-corrected chi connectivity index (χ3v) is 5.23. The van der Waals surface area contributed by atoms with Crippen LogP contribution in [0.4, 0.5) is 0 Å². The first kappa shape index (κ1) is 25.4. The van der Waals surface area contributed by atoms with E-state index in [1.54, 1.807) is 14.2 Å². The summed E-state index contributed by atoms with van der Waals surface area (Å²) in [7, 11) is 3.46. The van der Waals surface area contributed by atoms with E-state index in [-0.39, 0.29) is 29.4 Å². The van der Waals surface area contributed by atoms with Crippen molar-refractivity contribution in [3.8, 4) is 0 Å². The Bertz CT molecular complexity index is 584. The molecule has 1 aliphatic heterocycles. The average Bonchev–Trinajstić information content (AvgIpc) is 2.70. The van der Waals surface area contributed by atoms with E-state index in [0.717, 1.165) is 56.5 Å². The van der Waals surface area contributed by atoms with Crippen molar-refractivity contribution in [2.24, 2.45) is 4.99 Å². The normalized spacial score (nSPS) is 16.3. The number of nitrogens with one attached hydrogen (secondary N) is 2. The first-order chi connectivity index (χ1) is 13.2. The molecule has 1 fully saturated rings. The van der Waals surface area contributed by atoms with E-state index in [4.69, 9.17) is 25.8 Å². The predicted octanol–water partition coefficient (Wildman–Crippen LogP) is 3.22. The van der Waals surface area contributed by atoms with Crippen molar-refractivity contribution < 1.29 is 14.2 Å². The molecule has 0 radical (unpaired) electrons. The molecule has 0 aliphatic carbocycles. The Hall–Kier alpha value is -0.610. The minimum absolute atomic E-state index is 0. The molecule has 1 saturated heterocycles. The van der Waals surface area contributed by atoms with Crippen LogP contribution in [0, 0.1) is 0 Å². The van der Waals surface area contributed by atoms with Gasteiger partial charge in [0.15, 0.2) is 5.96 Å². The lowest BCUT2D eigenvalue weighted by Gasteiger charge is -2.38. The third-order valence-electron chi connectivity index (χ3n) is 4.90. The van der Waals surface area contributed by atoms with E-state index in [2.05, 4.69) is 27.8 Å². The number of halogens is 2. The number of guanidine groups is 1. The SMILES string of the molecule is CN=C(NCCCOCCOC)NCC1(c2ccccc2Cl)CCOCC1.I. The zero-order valence-corrected chi connectivity index (χ0v) is 19.9. The largest absolute Gasteiger partial charge is 0.382 e. The molecular formula is C20H33ClIN3O3. The van der Waals surface area contributed by atoms with Crippen LogP contribution in [0.2, 0.25) is 5.02 Å². The summed E-state index contributed by atoms with van der Waals surface area (Å²) in [6, 6.07) is 8.12.